The van der Waals surface area contributed by atoms with Gasteiger partial charge in [-0.1, -0.05) is 24.3 Å². The van der Waals surface area contributed by atoms with Crippen molar-refractivity contribution < 1.29 is 15.0 Å². The van der Waals surface area contributed by atoms with Gasteiger partial charge in [-0.3, -0.25) is 23.9 Å². The molecular formula is C46H44N14O3S2. The number of hydrazone groups is 2. The molecule has 2 aliphatic rings. The summed E-state index contributed by atoms with van der Waals surface area (Å²) in [7, 11) is 0. The average Bonchev–Trinajstić information content (AvgIpc) is 3.96. The molecule has 2 aliphatic heterocycles. The zero-order valence-corrected chi connectivity index (χ0v) is 38.2. The van der Waals surface area contributed by atoms with Gasteiger partial charge < -0.3 is 21.3 Å². The van der Waals surface area contributed by atoms with Crippen LogP contribution in [0.15, 0.2) is 95.7 Å². The van der Waals surface area contributed by atoms with E-state index in [1.54, 1.807) is 52.2 Å². The number of aryl methyl sites for hydroxylation is 4. The Morgan fingerprint density at radius 3 is 1.48 bits per heavy atom. The van der Waals surface area contributed by atoms with Crippen LogP contribution in [0.3, 0.4) is 0 Å². The minimum Gasteiger partial charge on any atom is -0.506 e. The lowest BCUT2D eigenvalue weighted by molar-refractivity contribution is -0.114. The molecule has 0 fully saturated rings. The van der Waals surface area contributed by atoms with E-state index in [4.69, 9.17) is 15.9 Å². The van der Waals surface area contributed by atoms with Gasteiger partial charge in [-0.05, 0) is 100 Å². The van der Waals surface area contributed by atoms with E-state index in [1.807, 2.05) is 76.5 Å². The van der Waals surface area contributed by atoms with Gasteiger partial charge in [-0.25, -0.2) is 10.0 Å². The van der Waals surface area contributed by atoms with Crippen molar-refractivity contribution in [2.45, 2.75) is 61.6 Å². The standard InChI is InChI=1S/C24H23N7O2S.C22H21N7OS/c1-13-14(2)34-23-21(13)22(18-5-7-19(8-6-18)26-16(4)32)29-30(24-28-27-15(3)31(23)24)12-17-9-20(33)11-25-10-17;1-12-13(2)31-21-19(12)20(16-4-6-17(23)7-5-16)27-28(22-26-25-14(3)29(21)22)11-15-8-18(30)10-24-9-15/h5-11,33H,12H2,1-4H3,(H,26,32);4-10,30H,11,23H2,1-3H3. The van der Waals surface area contributed by atoms with Gasteiger partial charge in [-0.2, -0.15) is 10.2 Å². The van der Waals surface area contributed by atoms with E-state index in [0.717, 1.165) is 77.7 Å². The van der Waals surface area contributed by atoms with Crippen LogP contribution in [0.1, 0.15) is 72.8 Å². The summed E-state index contributed by atoms with van der Waals surface area (Å²) in [5, 5.41) is 55.9. The van der Waals surface area contributed by atoms with Crippen molar-refractivity contribution in [3.63, 3.8) is 0 Å². The molecule has 0 atom stereocenters. The first-order valence-electron chi connectivity index (χ1n) is 20.5. The van der Waals surface area contributed by atoms with Crippen LogP contribution in [0.4, 0.5) is 23.3 Å². The van der Waals surface area contributed by atoms with Crippen LogP contribution < -0.4 is 21.1 Å². The van der Waals surface area contributed by atoms with Crippen molar-refractivity contribution >= 4 is 63.3 Å². The van der Waals surface area contributed by atoms with Gasteiger partial charge in [-0.15, -0.1) is 43.1 Å². The van der Waals surface area contributed by atoms with Crippen LogP contribution in [0.25, 0.3) is 10.0 Å². The summed E-state index contributed by atoms with van der Waals surface area (Å²) in [5.74, 6) is 2.83. The van der Waals surface area contributed by atoms with Gasteiger partial charge in [0.2, 0.25) is 5.91 Å². The number of nitrogens with one attached hydrogen (secondary N) is 1. The number of benzene rings is 2. The molecule has 8 heterocycles. The van der Waals surface area contributed by atoms with Gasteiger partial charge >= 0.3 is 0 Å². The quantitative estimate of drug-likeness (QED) is 0.113. The zero-order chi connectivity index (χ0) is 45.7. The number of amides is 1. The number of carbonyl (C=O) groups is 1. The van der Waals surface area contributed by atoms with Crippen LogP contribution in [0, 0.1) is 41.5 Å². The topological polar surface area (TPSA) is 214 Å². The molecule has 1 amide bonds. The van der Waals surface area contributed by atoms with E-state index in [-0.39, 0.29) is 17.4 Å². The van der Waals surface area contributed by atoms with E-state index in [0.29, 0.717) is 30.7 Å². The average molecular weight is 905 g/mol. The largest absolute Gasteiger partial charge is 0.506 e. The monoisotopic (exact) mass is 904 g/mol. The predicted molar refractivity (Wildman–Crippen MR) is 254 cm³/mol. The summed E-state index contributed by atoms with van der Waals surface area (Å²) in [4.78, 5) is 22.1. The SMILES string of the molecule is CC(=O)Nc1ccc(C2=NN(Cc3cncc(O)c3)c3nnc(C)n3-c3sc(C)c(C)c32)cc1.Cc1sc2c(c1C)C(c1ccc(N)cc1)=NN(Cc1cncc(O)c1)c1nnc(C)n1-2. The molecule has 0 bridgehead atoms. The van der Waals surface area contributed by atoms with E-state index < -0.39 is 0 Å². The molecule has 0 saturated carbocycles. The molecule has 10 rings (SSSR count). The Hall–Kier alpha value is -7.77. The number of pyridine rings is 2. The van der Waals surface area contributed by atoms with Crippen LogP contribution in [-0.4, -0.2) is 67.0 Å². The molecule has 0 aliphatic carbocycles. The Bertz CT molecular complexity index is 3180. The third-order valence-corrected chi connectivity index (χ3v) is 13.4. The molecule has 6 aromatic heterocycles. The maximum Gasteiger partial charge on any atom is 0.253 e. The first-order chi connectivity index (χ1) is 31.2. The number of nitrogen functional groups attached to an aromatic ring is 1. The molecule has 0 spiro atoms. The Kier molecular flexibility index (Phi) is 11.2. The number of hydrogen-bond acceptors (Lipinski definition) is 16. The van der Waals surface area contributed by atoms with Crippen molar-refractivity contribution in [2.24, 2.45) is 10.2 Å². The van der Waals surface area contributed by atoms with Gasteiger partial charge in [0.25, 0.3) is 11.9 Å². The number of nitrogens with zero attached hydrogens (tertiary/aromatic N) is 12. The number of aromatic hydroxyl groups is 2. The minimum absolute atomic E-state index is 0.0910. The lowest BCUT2D eigenvalue weighted by atomic mass is 10.00. The first-order valence-corrected chi connectivity index (χ1v) is 22.1. The smallest absolute Gasteiger partial charge is 0.253 e. The molecule has 5 N–H and O–H groups in total. The minimum atomic E-state index is -0.120. The highest BCUT2D eigenvalue weighted by Crippen LogP contribution is 2.40. The second-order valence-corrected chi connectivity index (χ2v) is 18.1. The third-order valence-electron chi connectivity index (χ3n) is 11.0. The Labute approximate surface area is 381 Å². The highest BCUT2D eigenvalue weighted by atomic mass is 32.1. The number of aromatic nitrogens is 8. The van der Waals surface area contributed by atoms with Crippen molar-refractivity contribution in [1.29, 1.82) is 0 Å². The second-order valence-electron chi connectivity index (χ2n) is 15.7. The summed E-state index contributed by atoms with van der Waals surface area (Å²) in [6.07, 6.45) is 6.21. The van der Waals surface area contributed by atoms with E-state index in [1.165, 1.54) is 34.6 Å². The lowest BCUT2D eigenvalue weighted by Crippen LogP contribution is -2.20. The molecule has 328 valence electrons. The fourth-order valence-electron chi connectivity index (χ4n) is 7.67. The Morgan fingerprint density at radius 2 is 1.06 bits per heavy atom. The number of hydrogen-bond donors (Lipinski definition) is 4. The first kappa shape index (κ1) is 42.5. The molecule has 17 nitrogen and oxygen atoms in total. The summed E-state index contributed by atoms with van der Waals surface area (Å²) in [6.45, 7) is 14.5. The van der Waals surface area contributed by atoms with Gasteiger partial charge in [0.1, 0.15) is 44.6 Å². The highest BCUT2D eigenvalue weighted by molar-refractivity contribution is 7.15. The molecule has 0 unspecified atom stereocenters. The zero-order valence-electron chi connectivity index (χ0n) is 36.6. The van der Waals surface area contributed by atoms with Crippen LogP contribution in [0.5, 0.6) is 11.5 Å². The predicted octanol–water partition coefficient (Wildman–Crippen LogP) is 7.80. The molecule has 0 saturated heterocycles. The normalized spacial score (nSPS) is 12.7. The Morgan fingerprint density at radius 1 is 0.631 bits per heavy atom. The summed E-state index contributed by atoms with van der Waals surface area (Å²) in [5.41, 5.74) is 16.9. The number of thiophene rings is 2. The van der Waals surface area contributed by atoms with E-state index in [2.05, 4.69) is 63.4 Å². The fraction of sp³-hybridized carbons (Fsp3) is 0.196. The van der Waals surface area contributed by atoms with Gasteiger partial charge in [0, 0.05) is 62.7 Å². The molecule has 2 aromatic carbocycles. The fourth-order valence-corrected chi connectivity index (χ4v) is 10.1. The van der Waals surface area contributed by atoms with E-state index >= 15 is 0 Å². The third kappa shape index (κ3) is 8.17. The van der Waals surface area contributed by atoms with Crippen LogP contribution in [-0.2, 0) is 17.9 Å². The lowest BCUT2D eigenvalue weighted by Gasteiger charge is -2.18. The molecule has 0 radical (unpaired) electrons. The molecule has 65 heavy (non-hydrogen) atoms. The van der Waals surface area contributed by atoms with Gasteiger partial charge in [0.05, 0.1) is 25.5 Å². The van der Waals surface area contributed by atoms with Crippen molar-refractivity contribution in [2.75, 3.05) is 21.1 Å². The Balaban J connectivity index is 0.000000165. The van der Waals surface area contributed by atoms with E-state index in [9.17, 15) is 15.0 Å². The maximum absolute atomic E-state index is 11.4. The summed E-state index contributed by atoms with van der Waals surface area (Å²) >= 11 is 3.38. The van der Waals surface area contributed by atoms with Crippen molar-refractivity contribution in [1.82, 2.24) is 39.5 Å². The van der Waals surface area contributed by atoms with Crippen molar-refractivity contribution in [3.8, 4) is 21.5 Å². The number of nitrogens with two attached hydrogens (primary N) is 1. The summed E-state index contributed by atoms with van der Waals surface area (Å²) in [6, 6.07) is 18.7. The van der Waals surface area contributed by atoms with Crippen LogP contribution in [0.2, 0.25) is 0 Å². The summed E-state index contributed by atoms with van der Waals surface area (Å²) < 4.78 is 4.07. The van der Waals surface area contributed by atoms with Crippen molar-refractivity contribution in [3.05, 3.63) is 151 Å². The van der Waals surface area contributed by atoms with Gasteiger partial charge in [0.15, 0.2) is 0 Å². The maximum atomic E-state index is 11.4. The molecular weight excluding hydrogens is 861 g/mol. The second kappa shape index (κ2) is 17.1. The molecule has 19 heteroatoms. The van der Waals surface area contributed by atoms with Crippen LogP contribution >= 0.6 is 22.7 Å². The molecule has 8 aromatic rings. The number of carbonyl (C=O) groups excluding carboxylic acids is 1. The number of fused-ring (bicyclic) bond motifs is 6. The number of anilines is 4. The number of rotatable bonds is 7. The highest BCUT2D eigenvalue weighted by Gasteiger charge is 2.32.